The first-order valence-corrected chi connectivity index (χ1v) is 11.0. The van der Waals surface area contributed by atoms with Crippen molar-refractivity contribution in [2.75, 3.05) is 12.0 Å². The summed E-state index contributed by atoms with van der Waals surface area (Å²) in [7, 11) is 0. The number of nitrogens with one attached hydrogen (secondary N) is 3. The van der Waals surface area contributed by atoms with Crippen molar-refractivity contribution in [3.05, 3.63) is 0 Å². The fraction of sp³-hybridized carbons (Fsp3) is 0.722. The summed E-state index contributed by atoms with van der Waals surface area (Å²) in [4.78, 5) is 59.7. The minimum absolute atomic E-state index is 0.101. The molecule has 0 saturated carbocycles. The highest BCUT2D eigenvalue weighted by Crippen LogP contribution is 2.06. The number of hydrogen-bond acceptors (Lipinski definition) is 8. The summed E-state index contributed by atoms with van der Waals surface area (Å²) < 4.78 is 0. The Morgan fingerprint density at radius 2 is 1.42 bits per heavy atom. The van der Waals surface area contributed by atoms with E-state index >= 15 is 0 Å². The molecule has 0 spiro atoms. The Balaban J connectivity index is 5.48. The molecule has 0 fully saturated rings. The molecule has 0 aliphatic heterocycles. The van der Waals surface area contributed by atoms with Gasteiger partial charge in [-0.15, -0.1) is 0 Å². The van der Waals surface area contributed by atoms with Gasteiger partial charge in [0.05, 0.1) is 18.6 Å². The molecule has 178 valence electrons. The molecule has 0 aliphatic carbocycles. The molecule has 0 aromatic heterocycles. The lowest BCUT2D eigenvalue weighted by molar-refractivity contribution is -0.145. The first kappa shape index (κ1) is 28.6. The number of amides is 3. The summed E-state index contributed by atoms with van der Waals surface area (Å²) in [5.74, 6) is -5.19. The second kappa shape index (κ2) is 13.8. The third-order valence-corrected chi connectivity index (χ3v) is 4.97. The quantitative estimate of drug-likeness (QED) is 0.152. The van der Waals surface area contributed by atoms with Crippen LogP contribution in [0.5, 0.6) is 0 Å². The minimum atomic E-state index is -1.60. The summed E-state index contributed by atoms with van der Waals surface area (Å²) >= 11 is 1.37. The van der Waals surface area contributed by atoms with Gasteiger partial charge in [0.15, 0.2) is 6.04 Å². The van der Waals surface area contributed by atoms with E-state index in [1.54, 1.807) is 20.1 Å². The van der Waals surface area contributed by atoms with E-state index in [2.05, 4.69) is 16.0 Å². The second-order valence-corrected chi connectivity index (χ2v) is 8.32. The van der Waals surface area contributed by atoms with E-state index in [0.29, 0.717) is 5.75 Å². The van der Waals surface area contributed by atoms with Crippen LogP contribution in [0.3, 0.4) is 0 Å². The summed E-state index contributed by atoms with van der Waals surface area (Å²) in [5.41, 5.74) is 5.73. The van der Waals surface area contributed by atoms with Crippen LogP contribution in [0.4, 0.5) is 0 Å². The van der Waals surface area contributed by atoms with Crippen LogP contribution in [-0.2, 0) is 24.0 Å². The lowest BCUT2D eigenvalue weighted by Gasteiger charge is -2.25. The number of aliphatic hydroxyl groups excluding tert-OH is 1. The highest BCUT2D eigenvalue weighted by Gasteiger charge is 2.32. The molecule has 0 saturated heterocycles. The Morgan fingerprint density at radius 1 is 0.903 bits per heavy atom. The number of carbonyl (C=O) groups excluding carboxylic acids is 3. The van der Waals surface area contributed by atoms with Gasteiger partial charge in [-0.05, 0) is 31.3 Å². The van der Waals surface area contributed by atoms with Crippen LogP contribution in [0.2, 0.25) is 0 Å². The van der Waals surface area contributed by atoms with Gasteiger partial charge in [0.1, 0.15) is 12.1 Å². The zero-order chi connectivity index (χ0) is 24.3. The van der Waals surface area contributed by atoms with Gasteiger partial charge in [0.2, 0.25) is 17.7 Å². The summed E-state index contributed by atoms with van der Waals surface area (Å²) in [5, 5.41) is 34.5. The molecular formula is C18H32N4O8S. The molecule has 13 heteroatoms. The van der Waals surface area contributed by atoms with Crippen LogP contribution in [0.25, 0.3) is 0 Å². The molecule has 0 aliphatic rings. The standard InChI is InChI=1S/C18H32N4O8S/c1-8(2)13(19)17(28)21-11(7-12(24)25)16(27)20-10(5-6-31-4)15(26)22-14(9(3)23)18(29)30/h8-11,13-14,23H,5-7,19H2,1-4H3,(H,20,27)(H,21,28)(H,22,26)(H,24,25)(H,29,30). The first-order valence-electron chi connectivity index (χ1n) is 9.60. The maximum atomic E-state index is 12.7. The van der Waals surface area contributed by atoms with Gasteiger partial charge in [0, 0.05) is 0 Å². The van der Waals surface area contributed by atoms with Crippen molar-refractivity contribution in [1.82, 2.24) is 16.0 Å². The number of nitrogens with two attached hydrogens (primary N) is 1. The molecule has 31 heavy (non-hydrogen) atoms. The fourth-order valence-electron chi connectivity index (χ4n) is 2.37. The summed E-state index contributed by atoms with van der Waals surface area (Å²) in [6.45, 7) is 4.55. The smallest absolute Gasteiger partial charge is 0.328 e. The van der Waals surface area contributed by atoms with Crippen molar-refractivity contribution in [2.24, 2.45) is 11.7 Å². The van der Waals surface area contributed by atoms with Crippen LogP contribution in [0.15, 0.2) is 0 Å². The monoisotopic (exact) mass is 464 g/mol. The Bertz CT molecular complexity index is 658. The number of carbonyl (C=O) groups is 5. The fourth-order valence-corrected chi connectivity index (χ4v) is 2.85. The number of rotatable bonds is 14. The molecule has 5 atom stereocenters. The highest BCUT2D eigenvalue weighted by molar-refractivity contribution is 7.98. The molecule has 0 rings (SSSR count). The van der Waals surface area contributed by atoms with Gasteiger partial charge in [-0.1, -0.05) is 13.8 Å². The van der Waals surface area contributed by atoms with Crippen LogP contribution in [-0.4, -0.2) is 87.3 Å². The topological polar surface area (TPSA) is 208 Å². The molecule has 0 bridgehead atoms. The van der Waals surface area contributed by atoms with Gasteiger partial charge < -0.3 is 37.0 Å². The molecular weight excluding hydrogens is 432 g/mol. The Labute approximate surface area is 184 Å². The molecule has 3 amide bonds. The normalized spacial score (nSPS) is 15.8. The van der Waals surface area contributed by atoms with Crippen molar-refractivity contribution < 1.29 is 39.3 Å². The van der Waals surface area contributed by atoms with Crippen molar-refractivity contribution in [2.45, 2.75) is 63.9 Å². The van der Waals surface area contributed by atoms with E-state index in [1.165, 1.54) is 18.7 Å². The third-order valence-electron chi connectivity index (χ3n) is 4.32. The van der Waals surface area contributed by atoms with Crippen molar-refractivity contribution in [3.8, 4) is 0 Å². The summed E-state index contributed by atoms with van der Waals surface area (Å²) in [6.07, 6.45) is -0.280. The maximum Gasteiger partial charge on any atom is 0.328 e. The van der Waals surface area contributed by atoms with E-state index in [-0.39, 0.29) is 12.3 Å². The molecule has 8 N–H and O–H groups in total. The van der Waals surface area contributed by atoms with Crippen molar-refractivity contribution in [3.63, 3.8) is 0 Å². The van der Waals surface area contributed by atoms with E-state index in [9.17, 15) is 29.1 Å². The van der Waals surface area contributed by atoms with Gasteiger partial charge in [-0.25, -0.2) is 4.79 Å². The Kier molecular flexibility index (Phi) is 12.8. The molecule has 0 aromatic carbocycles. The Hall–Kier alpha value is -2.38. The molecule has 12 nitrogen and oxygen atoms in total. The zero-order valence-electron chi connectivity index (χ0n) is 18.0. The Morgan fingerprint density at radius 3 is 1.84 bits per heavy atom. The maximum absolute atomic E-state index is 12.7. The first-order chi connectivity index (χ1) is 14.3. The molecule has 0 heterocycles. The second-order valence-electron chi connectivity index (χ2n) is 7.34. The largest absolute Gasteiger partial charge is 0.481 e. The number of aliphatic hydroxyl groups is 1. The number of carboxylic acid groups (broad SMARTS) is 2. The lowest BCUT2D eigenvalue weighted by atomic mass is 10.0. The molecule has 0 aromatic rings. The lowest BCUT2D eigenvalue weighted by Crippen LogP contribution is -2.59. The van der Waals surface area contributed by atoms with Crippen LogP contribution < -0.4 is 21.7 Å². The van der Waals surface area contributed by atoms with E-state index in [4.69, 9.17) is 15.9 Å². The predicted molar refractivity (Wildman–Crippen MR) is 113 cm³/mol. The molecule has 5 unspecified atom stereocenters. The SMILES string of the molecule is CSCCC(NC(=O)C(CC(=O)O)NC(=O)C(N)C(C)C)C(=O)NC(C(=O)O)C(C)O. The van der Waals surface area contributed by atoms with E-state index in [1.807, 2.05) is 0 Å². The predicted octanol–water partition coefficient (Wildman–Crippen LogP) is -1.88. The van der Waals surface area contributed by atoms with E-state index < -0.39 is 66.4 Å². The van der Waals surface area contributed by atoms with Gasteiger partial charge in [-0.2, -0.15) is 11.8 Å². The third kappa shape index (κ3) is 10.5. The highest BCUT2D eigenvalue weighted by atomic mass is 32.2. The van der Waals surface area contributed by atoms with Crippen LogP contribution >= 0.6 is 11.8 Å². The average molecular weight is 465 g/mol. The van der Waals surface area contributed by atoms with Crippen molar-refractivity contribution in [1.29, 1.82) is 0 Å². The number of hydrogen-bond donors (Lipinski definition) is 7. The average Bonchev–Trinajstić information content (AvgIpc) is 2.66. The number of carboxylic acids is 2. The van der Waals surface area contributed by atoms with Crippen LogP contribution in [0, 0.1) is 5.92 Å². The number of aliphatic carboxylic acids is 2. The van der Waals surface area contributed by atoms with Crippen LogP contribution in [0.1, 0.15) is 33.6 Å². The summed E-state index contributed by atoms with van der Waals surface area (Å²) in [6, 6.07) is -5.28. The van der Waals surface area contributed by atoms with Gasteiger partial charge in [0.25, 0.3) is 0 Å². The van der Waals surface area contributed by atoms with Gasteiger partial charge >= 0.3 is 11.9 Å². The van der Waals surface area contributed by atoms with Crippen molar-refractivity contribution >= 4 is 41.4 Å². The van der Waals surface area contributed by atoms with Gasteiger partial charge in [-0.3, -0.25) is 19.2 Å². The van der Waals surface area contributed by atoms with E-state index in [0.717, 1.165) is 0 Å². The molecule has 0 radical (unpaired) electrons. The minimum Gasteiger partial charge on any atom is -0.481 e. The zero-order valence-corrected chi connectivity index (χ0v) is 18.8. The number of thioether (sulfide) groups is 1.